The lowest BCUT2D eigenvalue weighted by Crippen LogP contribution is -2.30. The Kier molecular flexibility index (Phi) is 3.25. The fourth-order valence-corrected chi connectivity index (χ4v) is 2.91. The normalized spacial score (nSPS) is 20.1. The molecule has 1 atom stereocenters. The van der Waals surface area contributed by atoms with Crippen molar-refractivity contribution in [3.63, 3.8) is 0 Å². The molecule has 1 aromatic carbocycles. The van der Waals surface area contributed by atoms with Crippen LogP contribution in [0.15, 0.2) is 34.9 Å². The van der Waals surface area contributed by atoms with Gasteiger partial charge in [0.15, 0.2) is 0 Å². The van der Waals surface area contributed by atoms with Crippen LogP contribution >= 0.6 is 0 Å². The Morgan fingerprint density at radius 1 is 1.42 bits per heavy atom. The molecular weight excluding hydrogens is 242 g/mol. The Bertz CT molecular complexity index is 590. The van der Waals surface area contributed by atoms with Crippen LogP contribution in [0.1, 0.15) is 24.8 Å². The molecule has 0 radical (unpaired) electrons. The van der Waals surface area contributed by atoms with Crippen LogP contribution in [0.2, 0.25) is 0 Å². The number of rotatable bonds is 4. The first-order valence-corrected chi connectivity index (χ1v) is 6.65. The standard InChI is InChI=1S/C15H17NO3/c17-15(18)8-12-4-3-7-16(12)9-11-10-19-14-6-2-1-5-13(11)14/h1-2,5-6,10,12H,3-4,7-9H2,(H,17,18). The van der Waals surface area contributed by atoms with Crippen LogP contribution < -0.4 is 0 Å². The zero-order valence-corrected chi connectivity index (χ0v) is 10.7. The van der Waals surface area contributed by atoms with E-state index in [9.17, 15) is 4.79 Å². The third-order valence-electron chi connectivity index (χ3n) is 3.84. The predicted molar refractivity (Wildman–Crippen MR) is 71.9 cm³/mol. The molecule has 0 saturated carbocycles. The Labute approximate surface area is 111 Å². The summed E-state index contributed by atoms with van der Waals surface area (Å²) in [4.78, 5) is 13.1. The number of hydrogen-bond acceptors (Lipinski definition) is 3. The Morgan fingerprint density at radius 3 is 3.11 bits per heavy atom. The van der Waals surface area contributed by atoms with Crippen LogP contribution in [0.5, 0.6) is 0 Å². The number of carboxylic acids is 1. The molecule has 0 amide bonds. The maximum Gasteiger partial charge on any atom is 0.304 e. The van der Waals surface area contributed by atoms with Crippen molar-refractivity contribution >= 4 is 16.9 Å². The van der Waals surface area contributed by atoms with Gasteiger partial charge < -0.3 is 9.52 Å². The van der Waals surface area contributed by atoms with Gasteiger partial charge in [-0.1, -0.05) is 18.2 Å². The maximum absolute atomic E-state index is 10.9. The van der Waals surface area contributed by atoms with E-state index in [1.54, 1.807) is 6.26 Å². The molecule has 19 heavy (non-hydrogen) atoms. The van der Waals surface area contributed by atoms with Crippen molar-refractivity contribution in [1.82, 2.24) is 4.90 Å². The maximum atomic E-state index is 10.9. The molecule has 4 nitrogen and oxygen atoms in total. The summed E-state index contributed by atoms with van der Waals surface area (Å²) in [7, 11) is 0. The summed E-state index contributed by atoms with van der Waals surface area (Å²) >= 11 is 0. The first-order valence-electron chi connectivity index (χ1n) is 6.65. The van der Waals surface area contributed by atoms with Gasteiger partial charge in [0.05, 0.1) is 12.7 Å². The van der Waals surface area contributed by atoms with Crippen molar-refractivity contribution in [3.8, 4) is 0 Å². The van der Waals surface area contributed by atoms with Gasteiger partial charge in [-0.05, 0) is 25.5 Å². The number of hydrogen-bond donors (Lipinski definition) is 1. The van der Waals surface area contributed by atoms with Gasteiger partial charge in [0.25, 0.3) is 0 Å². The van der Waals surface area contributed by atoms with E-state index >= 15 is 0 Å². The summed E-state index contributed by atoms with van der Waals surface area (Å²) in [6.07, 6.45) is 4.08. The number of carbonyl (C=O) groups is 1. The average Bonchev–Trinajstić information content (AvgIpc) is 2.98. The minimum Gasteiger partial charge on any atom is -0.481 e. The highest BCUT2D eigenvalue weighted by Crippen LogP contribution is 2.27. The number of carboxylic acid groups (broad SMARTS) is 1. The van der Waals surface area contributed by atoms with Crippen molar-refractivity contribution in [2.24, 2.45) is 0 Å². The zero-order valence-electron chi connectivity index (χ0n) is 10.7. The molecule has 1 N–H and O–H groups in total. The van der Waals surface area contributed by atoms with E-state index in [-0.39, 0.29) is 12.5 Å². The third kappa shape index (κ3) is 2.49. The fraction of sp³-hybridized carbons (Fsp3) is 0.400. The zero-order chi connectivity index (χ0) is 13.2. The molecule has 1 unspecified atom stereocenters. The molecule has 1 aliphatic heterocycles. The molecular formula is C15H17NO3. The lowest BCUT2D eigenvalue weighted by atomic mass is 10.1. The molecule has 2 heterocycles. The summed E-state index contributed by atoms with van der Waals surface area (Å²) in [5, 5.41) is 10.1. The number of para-hydroxylation sites is 1. The number of fused-ring (bicyclic) bond motifs is 1. The fourth-order valence-electron chi connectivity index (χ4n) is 2.91. The molecule has 0 aliphatic carbocycles. The summed E-state index contributed by atoms with van der Waals surface area (Å²) in [5.74, 6) is -0.714. The van der Waals surface area contributed by atoms with Gasteiger partial charge in [-0.2, -0.15) is 0 Å². The predicted octanol–water partition coefficient (Wildman–Crippen LogP) is 2.87. The highest BCUT2D eigenvalue weighted by molar-refractivity contribution is 5.80. The molecule has 1 fully saturated rings. The molecule has 3 rings (SSSR count). The van der Waals surface area contributed by atoms with E-state index in [2.05, 4.69) is 11.0 Å². The molecule has 1 aromatic heterocycles. The van der Waals surface area contributed by atoms with E-state index < -0.39 is 5.97 Å². The Hall–Kier alpha value is -1.81. The second kappa shape index (κ2) is 5.05. The van der Waals surface area contributed by atoms with Gasteiger partial charge in [-0.15, -0.1) is 0 Å². The number of benzene rings is 1. The van der Waals surface area contributed by atoms with Crippen molar-refractivity contribution in [1.29, 1.82) is 0 Å². The van der Waals surface area contributed by atoms with Gasteiger partial charge in [0, 0.05) is 23.5 Å². The highest BCUT2D eigenvalue weighted by atomic mass is 16.4. The Morgan fingerprint density at radius 2 is 2.26 bits per heavy atom. The molecule has 0 spiro atoms. The van der Waals surface area contributed by atoms with E-state index in [4.69, 9.17) is 9.52 Å². The minimum atomic E-state index is -0.714. The number of likely N-dealkylation sites (tertiary alicyclic amines) is 1. The first kappa shape index (κ1) is 12.2. The summed E-state index contributed by atoms with van der Waals surface area (Å²) in [6, 6.07) is 8.12. The molecule has 1 aliphatic rings. The van der Waals surface area contributed by atoms with Crippen molar-refractivity contribution in [3.05, 3.63) is 36.1 Å². The van der Waals surface area contributed by atoms with Crippen LogP contribution in [0, 0.1) is 0 Å². The van der Waals surface area contributed by atoms with Crippen LogP contribution in [0.3, 0.4) is 0 Å². The van der Waals surface area contributed by atoms with Crippen LogP contribution in [0.4, 0.5) is 0 Å². The van der Waals surface area contributed by atoms with Gasteiger partial charge in [0.1, 0.15) is 5.58 Å². The SMILES string of the molecule is O=C(O)CC1CCCN1Cc1coc2ccccc12. The topological polar surface area (TPSA) is 53.7 Å². The average molecular weight is 259 g/mol. The molecule has 2 aromatic rings. The lowest BCUT2D eigenvalue weighted by Gasteiger charge is -2.22. The highest BCUT2D eigenvalue weighted by Gasteiger charge is 2.27. The van der Waals surface area contributed by atoms with E-state index in [1.165, 1.54) is 0 Å². The van der Waals surface area contributed by atoms with Crippen LogP contribution in [-0.4, -0.2) is 28.6 Å². The molecule has 0 bridgehead atoms. The quantitative estimate of drug-likeness (QED) is 0.917. The molecule has 4 heteroatoms. The van der Waals surface area contributed by atoms with Crippen LogP contribution in [-0.2, 0) is 11.3 Å². The minimum absolute atomic E-state index is 0.158. The largest absolute Gasteiger partial charge is 0.481 e. The van der Waals surface area contributed by atoms with E-state index in [0.29, 0.717) is 0 Å². The number of furan rings is 1. The monoisotopic (exact) mass is 259 g/mol. The van der Waals surface area contributed by atoms with Crippen LogP contribution in [0.25, 0.3) is 11.0 Å². The van der Waals surface area contributed by atoms with Crippen molar-refractivity contribution in [2.45, 2.75) is 31.8 Å². The Balaban J connectivity index is 1.78. The van der Waals surface area contributed by atoms with E-state index in [1.807, 2.05) is 18.2 Å². The number of nitrogens with zero attached hydrogens (tertiary/aromatic N) is 1. The van der Waals surface area contributed by atoms with Crippen molar-refractivity contribution in [2.75, 3.05) is 6.54 Å². The first-order chi connectivity index (χ1) is 9.24. The van der Waals surface area contributed by atoms with E-state index in [0.717, 1.165) is 42.5 Å². The summed E-state index contributed by atoms with van der Waals surface area (Å²) in [5.41, 5.74) is 2.04. The second-order valence-corrected chi connectivity index (χ2v) is 5.12. The molecule has 100 valence electrons. The number of aliphatic carboxylic acids is 1. The lowest BCUT2D eigenvalue weighted by molar-refractivity contribution is -0.138. The van der Waals surface area contributed by atoms with Crippen molar-refractivity contribution < 1.29 is 14.3 Å². The summed E-state index contributed by atoms with van der Waals surface area (Å²) < 4.78 is 5.53. The smallest absolute Gasteiger partial charge is 0.304 e. The summed E-state index contributed by atoms with van der Waals surface area (Å²) in [6.45, 7) is 1.74. The van der Waals surface area contributed by atoms with Gasteiger partial charge in [-0.25, -0.2) is 0 Å². The third-order valence-corrected chi connectivity index (χ3v) is 3.84. The van der Waals surface area contributed by atoms with Gasteiger partial charge in [-0.3, -0.25) is 9.69 Å². The van der Waals surface area contributed by atoms with Gasteiger partial charge in [0.2, 0.25) is 0 Å². The van der Waals surface area contributed by atoms with Gasteiger partial charge >= 0.3 is 5.97 Å². The second-order valence-electron chi connectivity index (χ2n) is 5.12. The molecule has 1 saturated heterocycles.